The summed E-state index contributed by atoms with van der Waals surface area (Å²) in [6.07, 6.45) is 3.49. The molecule has 0 aliphatic carbocycles. The van der Waals surface area contributed by atoms with E-state index < -0.39 is 69.6 Å². The highest BCUT2D eigenvalue weighted by atomic mass is 32.2. The summed E-state index contributed by atoms with van der Waals surface area (Å²) in [5, 5.41) is 18.9. The Morgan fingerprint density at radius 1 is 0.424 bits per heavy atom. The van der Waals surface area contributed by atoms with E-state index in [1.54, 1.807) is 20.8 Å². The molecule has 0 saturated heterocycles. The molecule has 4 unspecified atom stereocenters. The Morgan fingerprint density at radius 3 is 1.16 bits per heavy atom. The van der Waals surface area contributed by atoms with Crippen molar-refractivity contribution in [2.24, 2.45) is 0 Å². The number of ether oxygens (including phenoxy) is 3. The van der Waals surface area contributed by atoms with Gasteiger partial charge in [-0.1, -0.05) is 20.8 Å². The summed E-state index contributed by atoms with van der Waals surface area (Å²) < 4.78 is 108. The summed E-state index contributed by atoms with van der Waals surface area (Å²) in [6.45, 7) is 9.58. The number of hydrogen-bond donors (Lipinski definition) is 10. The maximum Gasteiger partial charge on any atom is 0.251 e. The second-order valence-electron chi connectivity index (χ2n) is 22.1. The van der Waals surface area contributed by atoms with E-state index in [2.05, 4.69) is 58.0 Å². The number of rotatable bonds is 49. The van der Waals surface area contributed by atoms with Gasteiger partial charge in [-0.3, -0.25) is 57.6 Å². The SMILES string of the molecule is [CH2-]P(=O)(OCCCCCNC(=O)CCCC(=O)NC(COCCC(=O)NCCCCC(=O)c1ccc(NS(=O)[O-])cc1)(COCCC(=O)NCCCNC(=O)c1ccc(NS(=O)[O-])cc1)COCCC(=O)NCCCNC(=O)c1ccc(NS(=O)[O-])cc1)C(C)(C)C. The van der Waals surface area contributed by atoms with Crippen LogP contribution in [0.5, 0.6) is 0 Å². The Bertz CT molecular complexity index is 2680. The third-order valence-electron chi connectivity index (χ3n) is 13.4. The summed E-state index contributed by atoms with van der Waals surface area (Å²) in [5.41, 5.74) is 0.391. The number of amides is 7. The Balaban J connectivity index is 1.62. The molecule has 0 spiro atoms. The zero-order valence-corrected chi connectivity index (χ0v) is 55.5. The molecule has 3 aromatic carbocycles. The highest BCUT2D eigenvalue weighted by Gasteiger charge is 2.34. The maximum atomic E-state index is 13.8. The van der Waals surface area contributed by atoms with Crippen molar-refractivity contribution in [3.8, 4) is 0 Å². The Labute approximate surface area is 545 Å². The van der Waals surface area contributed by atoms with Gasteiger partial charge in [0.25, 0.3) is 11.8 Å². The highest BCUT2D eigenvalue weighted by Crippen LogP contribution is 2.57. The van der Waals surface area contributed by atoms with Gasteiger partial charge in [-0.05, 0) is 124 Å². The number of nitrogens with one attached hydrogen (secondary N) is 10. The molecule has 7 amide bonds. The van der Waals surface area contributed by atoms with Crippen LogP contribution in [-0.2, 0) is 81.1 Å². The summed E-state index contributed by atoms with van der Waals surface area (Å²) in [4.78, 5) is 103. The Hall–Kier alpha value is -6.58. The van der Waals surface area contributed by atoms with Gasteiger partial charge >= 0.3 is 0 Å². The minimum Gasteiger partial charge on any atom is -0.755 e. The fourth-order valence-corrected chi connectivity index (χ4v) is 9.90. The number of unbranched alkanes of at least 4 members (excludes halogenated alkanes) is 3. The van der Waals surface area contributed by atoms with Crippen LogP contribution in [-0.4, -0.2) is 170 Å². The van der Waals surface area contributed by atoms with Crippen LogP contribution in [0, 0.1) is 6.66 Å². The highest BCUT2D eigenvalue weighted by molar-refractivity contribution is 7.81. The Morgan fingerprint density at radius 2 is 0.772 bits per heavy atom. The normalized spacial score (nSPS) is 13.6. The predicted octanol–water partition coefficient (Wildman–Crippen LogP) is 4.06. The molecule has 0 aliphatic rings. The van der Waals surface area contributed by atoms with E-state index in [0.29, 0.717) is 73.9 Å². The van der Waals surface area contributed by atoms with Crippen LogP contribution in [0.25, 0.3) is 0 Å². The summed E-state index contributed by atoms with van der Waals surface area (Å²) in [6, 6.07) is 17.5. The lowest BCUT2D eigenvalue weighted by molar-refractivity contribution is -0.131. The fraction of sp³-hybridized carbons (Fsp3) is 0.542. The number of anilines is 3. The number of ketones is 1. The van der Waals surface area contributed by atoms with Gasteiger partial charge in [0.1, 0.15) is 5.54 Å². The van der Waals surface area contributed by atoms with Crippen molar-refractivity contribution in [3.63, 3.8) is 0 Å². The molecule has 10 N–H and O–H groups in total. The summed E-state index contributed by atoms with van der Waals surface area (Å²) in [5.74, 6) is -2.90. The monoisotopic (exact) mass is 1370 g/mol. The molecule has 0 heterocycles. The van der Waals surface area contributed by atoms with E-state index >= 15 is 0 Å². The fourth-order valence-electron chi connectivity index (χ4n) is 8.10. The molecule has 514 valence electrons. The van der Waals surface area contributed by atoms with Crippen molar-refractivity contribution in [2.75, 3.05) is 99.7 Å². The molecule has 92 heavy (non-hydrogen) atoms. The van der Waals surface area contributed by atoms with Gasteiger partial charge in [0.05, 0.1) is 53.6 Å². The van der Waals surface area contributed by atoms with Crippen molar-refractivity contribution in [3.05, 3.63) is 96.2 Å². The predicted molar refractivity (Wildman–Crippen MR) is 345 cm³/mol. The van der Waals surface area contributed by atoms with E-state index in [1.807, 2.05) is 0 Å². The molecule has 0 bridgehead atoms. The molecule has 0 radical (unpaired) electrons. The van der Waals surface area contributed by atoms with Gasteiger partial charge in [-0.15, -0.1) is 0 Å². The zero-order chi connectivity index (χ0) is 67.8. The van der Waals surface area contributed by atoms with Crippen molar-refractivity contribution in [1.29, 1.82) is 0 Å². The molecule has 0 aromatic heterocycles. The van der Waals surface area contributed by atoms with Crippen LogP contribution in [0.2, 0.25) is 0 Å². The molecular formula is C59H87N10O19PS3-4. The minimum atomic E-state index is -3.04. The van der Waals surface area contributed by atoms with Crippen LogP contribution < -0.4 is 51.4 Å². The first kappa shape index (κ1) is 79.7. The topological polar surface area (TPSA) is 431 Å². The maximum absolute atomic E-state index is 13.8. The van der Waals surface area contributed by atoms with Crippen LogP contribution in [0.1, 0.15) is 142 Å². The quantitative estimate of drug-likeness (QED) is 0.0125. The molecule has 0 fully saturated rings. The third kappa shape index (κ3) is 35.5. The van der Waals surface area contributed by atoms with Crippen molar-refractivity contribution in [2.45, 2.75) is 121 Å². The van der Waals surface area contributed by atoms with Crippen molar-refractivity contribution >= 4 is 105 Å². The summed E-state index contributed by atoms with van der Waals surface area (Å²) in [7, 11) is -3.04. The molecule has 3 rings (SSSR count). The minimum absolute atomic E-state index is 0.0145. The number of benzene rings is 3. The number of Topliss-reactive ketones (excluding diaryl/α,β-unsaturated/α-hetero) is 1. The largest absolute Gasteiger partial charge is 0.755 e. The van der Waals surface area contributed by atoms with Gasteiger partial charge in [0.15, 0.2) is 5.78 Å². The summed E-state index contributed by atoms with van der Waals surface area (Å²) >= 11 is -7.55. The third-order valence-corrected chi connectivity index (χ3v) is 17.3. The number of carbonyl (C=O) groups is 8. The zero-order valence-electron chi connectivity index (χ0n) is 52.2. The number of hydrogen-bond acceptors (Lipinski definition) is 19. The first-order chi connectivity index (χ1) is 43.8. The lowest BCUT2D eigenvalue weighted by Crippen LogP contribution is -2.58. The van der Waals surface area contributed by atoms with Crippen LogP contribution in [0.3, 0.4) is 0 Å². The molecule has 0 saturated carbocycles. The van der Waals surface area contributed by atoms with Crippen LogP contribution in [0.4, 0.5) is 17.1 Å². The van der Waals surface area contributed by atoms with Crippen LogP contribution >= 0.6 is 7.37 Å². The molecule has 3 aromatic rings. The van der Waals surface area contributed by atoms with E-state index in [1.165, 1.54) is 72.8 Å². The van der Waals surface area contributed by atoms with Gasteiger partial charge in [0, 0.05) is 151 Å². The molecule has 4 atom stereocenters. The smallest absolute Gasteiger partial charge is 0.251 e. The lowest BCUT2D eigenvalue weighted by Gasteiger charge is -2.34. The van der Waals surface area contributed by atoms with Crippen molar-refractivity contribution < 1.29 is 87.9 Å². The Kier molecular flexibility index (Phi) is 38.2. The van der Waals surface area contributed by atoms with Gasteiger partial charge in [-0.2, -0.15) is 0 Å². The molecule has 0 aliphatic heterocycles. The molecule has 33 heteroatoms. The molecule has 29 nitrogen and oxygen atoms in total. The van der Waals surface area contributed by atoms with E-state index in [4.69, 9.17) is 18.7 Å². The van der Waals surface area contributed by atoms with E-state index in [-0.39, 0.29) is 165 Å². The second kappa shape index (κ2) is 44.1. The van der Waals surface area contributed by atoms with E-state index in [9.17, 15) is 69.2 Å². The molecular weight excluding hydrogens is 1280 g/mol. The first-order valence-electron chi connectivity index (χ1n) is 29.9. The lowest BCUT2D eigenvalue weighted by atomic mass is 10.0. The van der Waals surface area contributed by atoms with E-state index in [0.717, 1.165) is 0 Å². The van der Waals surface area contributed by atoms with Gasteiger partial charge in [0.2, 0.25) is 29.5 Å². The average Bonchev–Trinajstić information content (AvgIpc) is 1.12. The van der Waals surface area contributed by atoms with Gasteiger partial charge < -0.3 is 88.3 Å². The second-order valence-corrected chi connectivity index (χ2v) is 27.0. The standard InChI is InChI=1S/C59H90N10O19PS3/c1-58(2,3)89(4,78)88-37-9-5-7-31-60-51(71)14-10-15-55(75)66-59(41-85-38-28-52(72)61-32-8-6-13-50(70)44-16-22-47(23-17-44)67-90(79)80,42-86-39-29-53(73)62-33-11-35-64-56(76)45-18-24-48(25-19-45)68-91(81)82)43-87-40-30-54(74)63-34-12-36-65-57(77)46-20-26-49(27-21-46)69-92(83)84/h16-27,67-69H,4-15,28-43H2,1-3H3,(H,60,71)(H,61,72)(H,62,73)(H,63,74)(H,64,76)(H,65,77)(H,66,75)(H,79,80)(H,81,82)(H,83,84)/q-1/p-3. The van der Waals surface area contributed by atoms with Crippen LogP contribution in [0.15, 0.2) is 72.8 Å². The average molecular weight is 1370 g/mol. The first-order valence-corrected chi connectivity index (χ1v) is 35.0. The van der Waals surface area contributed by atoms with Crippen molar-refractivity contribution in [1.82, 2.24) is 37.2 Å². The number of carbonyl (C=O) groups excluding carboxylic acids is 8. The van der Waals surface area contributed by atoms with Gasteiger partial charge in [-0.25, -0.2) is 0 Å².